The Balaban J connectivity index is 2.28. The van der Waals surface area contributed by atoms with Crippen molar-refractivity contribution >= 4 is 29.2 Å². The molecule has 98 valence electrons. The van der Waals surface area contributed by atoms with Crippen molar-refractivity contribution in [3.8, 4) is 17.0 Å². The molecule has 1 aliphatic heterocycles. The van der Waals surface area contributed by atoms with Crippen LogP contribution in [0.2, 0.25) is 10.0 Å². The molecule has 1 aromatic heterocycles. The Morgan fingerprint density at radius 1 is 1.21 bits per heavy atom. The molecule has 2 aromatic rings. The van der Waals surface area contributed by atoms with Crippen molar-refractivity contribution in [3.05, 3.63) is 33.4 Å². The summed E-state index contributed by atoms with van der Waals surface area (Å²) in [4.78, 5) is 8.32. The largest absolute Gasteiger partial charge is 0.491 e. The molecule has 3 rings (SSSR count). The highest BCUT2D eigenvalue weighted by molar-refractivity contribution is 6.37. The molecule has 2 heterocycles. The predicted molar refractivity (Wildman–Crippen MR) is 75.8 cm³/mol. The highest BCUT2D eigenvalue weighted by atomic mass is 35.5. The van der Waals surface area contributed by atoms with Crippen LogP contribution >= 0.6 is 23.2 Å². The standard InChI is InChI=1S/C13H11Cl2N3O/c1-6-4-10(18-13(16)17-6)11-7-2-3-19-12(7)9(15)5-8(11)14/h4-5H,2-3H2,1H3,(H2,16,17,18). The van der Waals surface area contributed by atoms with Crippen LogP contribution in [0.25, 0.3) is 11.3 Å². The van der Waals surface area contributed by atoms with E-state index in [0.29, 0.717) is 28.1 Å². The number of nitrogens with two attached hydrogens (primary N) is 1. The Hall–Kier alpha value is -1.52. The highest BCUT2D eigenvalue weighted by Gasteiger charge is 2.24. The first-order valence-electron chi connectivity index (χ1n) is 5.81. The maximum absolute atomic E-state index is 6.31. The molecule has 0 saturated heterocycles. The van der Waals surface area contributed by atoms with Gasteiger partial charge >= 0.3 is 0 Å². The third-order valence-corrected chi connectivity index (χ3v) is 3.59. The molecule has 0 amide bonds. The van der Waals surface area contributed by atoms with Crippen LogP contribution < -0.4 is 10.5 Å². The lowest BCUT2D eigenvalue weighted by Crippen LogP contribution is -2.00. The van der Waals surface area contributed by atoms with E-state index in [2.05, 4.69) is 9.97 Å². The summed E-state index contributed by atoms with van der Waals surface area (Å²) >= 11 is 12.4. The molecule has 1 aromatic carbocycles. The van der Waals surface area contributed by atoms with Gasteiger partial charge in [-0.1, -0.05) is 23.2 Å². The van der Waals surface area contributed by atoms with Crippen molar-refractivity contribution in [3.63, 3.8) is 0 Å². The number of rotatable bonds is 1. The van der Waals surface area contributed by atoms with Gasteiger partial charge in [0, 0.05) is 23.2 Å². The third-order valence-electron chi connectivity index (χ3n) is 3.01. The van der Waals surface area contributed by atoms with Gasteiger partial charge in [0.2, 0.25) is 5.95 Å². The molecule has 0 bridgehead atoms. The summed E-state index contributed by atoms with van der Waals surface area (Å²) in [5, 5.41) is 1.08. The van der Waals surface area contributed by atoms with Crippen LogP contribution in [0, 0.1) is 6.92 Å². The number of hydrogen-bond acceptors (Lipinski definition) is 4. The Morgan fingerprint density at radius 3 is 2.74 bits per heavy atom. The van der Waals surface area contributed by atoms with Crippen LogP contribution in [0.15, 0.2) is 12.1 Å². The Labute approximate surface area is 120 Å². The second kappa shape index (κ2) is 4.54. The normalized spacial score (nSPS) is 13.2. The predicted octanol–water partition coefficient (Wildman–Crippen LogP) is 3.28. The molecule has 4 nitrogen and oxygen atoms in total. The number of halogens is 2. The molecule has 0 radical (unpaired) electrons. The molecule has 0 aliphatic carbocycles. The van der Waals surface area contributed by atoms with Gasteiger partial charge in [0.1, 0.15) is 5.75 Å². The fourth-order valence-corrected chi connectivity index (χ4v) is 2.95. The average molecular weight is 296 g/mol. The van der Waals surface area contributed by atoms with Gasteiger partial charge in [-0.2, -0.15) is 0 Å². The summed E-state index contributed by atoms with van der Waals surface area (Å²) < 4.78 is 5.54. The molecular formula is C13H11Cl2N3O. The van der Waals surface area contributed by atoms with Crippen molar-refractivity contribution in [2.45, 2.75) is 13.3 Å². The average Bonchev–Trinajstić information content (AvgIpc) is 2.76. The minimum atomic E-state index is 0.230. The molecule has 0 unspecified atom stereocenters. The van der Waals surface area contributed by atoms with Gasteiger partial charge in [0.05, 0.1) is 22.3 Å². The Morgan fingerprint density at radius 2 is 2.00 bits per heavy atom. The fraction of sp³-hybridized carbons (Fsp3) is 0.231. The van der Waals surface area contributed by atoms with Crippen LogP contribution in [-0.4, -0.2) is 16.6 Å². The van der Waals surface area contributed by atoms with Crippen molar-refractivity contribution in [1.82, 2.24) is 9.97 Å². The Bertz CT molecular complexity index is 653. The minimum Gasteiger partial charge on any atom is -0.491 e. The first kappa shape index (κ1) is 12.5. The quantitative estimate of drug-likeness (QED) is 0.877. The minimum absolute atomic E-state index is 0.230. The van der Waals surface area contributed by atoms with Crippen LogP contribution in [-0.2, 0) is 6.42 Å². The Kier molecular flexibility index (Phi) is 2.99. The maximum atomic E-state index is 6.31. The molecule has 0 atom stereocenters. The lowest BCUT2D eigenvalue weighted by atomic mass is 10.0. The zero-order valence-corrected chi connectivity index (χ0v) is 11.7. The van der Waals surface area contributed by atoms with E-state index in [1.807, 2.05) is 13.0 Å². The van der Waals surface area contributed by atoms with Crippen LogP contribution in [0.4, 0.5) is 5.95 Å². The number of hydrogen-bond donors (Lipinski definition) is 1. The van der Waals surface area contributed by atoms with E-state index in [4.69, 9.17) is 33.7 Å². The molecule has 0 fully saturated rings. The lowest BCUT2D eigenvalue weighted by Gasteiger charge is -2.11. The molecule has 0 spiro atoms. The first-order chi connectivity index (χ1) is 9.06. The van der Waals surface area contributed by atoms with Crippen LogP contribution in [0.1, 0.15) is 11.3 Å². The second-order valence-corrected chi connectivity index (χ2v) is 5.19. The summed E-state index contributed by atoms with van der Waals surface area (Å²) in [6.07, 6.45) is 0.758. The summed E-state index contributed by atoms with van der Waals surface area (Å²) in [5.41, 5.74) is 9.01. The monoisotopic (exact) mass is 295 g/mol. The van der Waals surface area contributed by atoms with E-state index in [1.54, 1.807) is 6.07 Å². The van der Waals surface area contributed by atoms with Gasteiger partial charge in [-0.15, -0.1) is 0 Å². The number of benzene rings is 1. The molecule has 19 heavy (non-hydrogen) atoms. The van der Waals surface area contributed by atoms with Gasteiger partial charge in [-0.05, 0) is 19.1 Å². The zero-order chi connectivity index (χ0) is 13.6. The number of nitrogens with zero attached hydrogens (tertiary/aromatic N) is 2. The fourth-order valence-electron chi connectivity index (χ4n) is 2.30. The van der Waals surface area contributed by atoms with Crippen molar-refractivity contribution < 1.29 is 4.74 Å². The van der Waals surface area contributed by atoms with Crippen molar-refractivity contribution in [2.75, 3.05) is 12.3 Å². The summed E-state index contributed by atoms with van der Waals surface area (Å²) in [6, 6.07) is 3.53. The topological polar surface area (TPSA) is 61.0 Å². The summed E-state index contributed by atoms with van der Waals surface area (Å²) in [7, 11) is 0. The van der Waals surface area contributed by atoms with E-state index >= 15 is 0 Å². The molecule has 0 saturated carbocycles. The van der Waals surface area contributed by atoms with Gasteiger partial charge in [-0.3, -0.25) is 0 Å². The highest BCUT2D eigenvalue weighted by Crippen LogP contribution is 2.44. The van der Waals surface area contributed by atoms with Crippen LogP contribution in [0.3, 0.4) is 0 Å². The van der Waals surface area contributed by atoms with Gasteiger partial charge < -0.3 is 10.5 Å². The number of nitrogen functional groups attached to an aromatic ring is 1. The lowest BCUT2D eigenvalue weighted by molar-refractivity contribution is 0.357. The van der Waals surface area contributed by atoms with E-state index in [0.717, 1.165) is 23.2 Å². The van der Waals surface area contributed by atoms with Crippen molar-refractivity contribution in [1.29, 1.82) is 0 Å². The summed E-state index contributed by atoms with van der Waals surface area (Å²) in [5.74, 6) is 0.921. The molecule has 1 aliphatic rings. The number of fused-ring (bicyclic) bond motifs is 1. The summed E-state index contributed by atoms with van der Waals surface area (Å²) in [6.45, 7) is 2.46. The second-order valence-electron chi connectivity index (χ2n) is 4.37. The van der Waals surface area contributed by atoms with E-state index in [9.17, 15) is 0 Å². The SMILES string of the molecule is Cc1cc(-c2c(Cl)cc(Cl)c3c2CCO3)nc(N)n1. The van der Waals surface area contributed by atoms with Gasteiger partial charge in [-0.25, -0.2) is 9.97 Å². The zero-order valence-electron chi connectivity index (χ0n) is 10.2. The van der Waals surface area contributed by atoms with Crippen LogP contribution in [0.5, 0.6) is 5.75 Å². The van der Waals surface area contributed by atoms with E-state index in [-0.39, 0.29) is 5.95 Å². The smallest absolute Gasteiger partial charge is 0.220 e. The number of aryl methyl sites for hydroxylation is 1. The number of anilines is 1. The third kappa shape index (κ3) is 2.11. The molecule has 6 heteroatoms. The van der Waals surface area contributed by atoms with E-state index < -0.39 is 0 Å². The number of aromatic nitrogens is 2. The molecular weight excluding hydrogens is 285 g/mol. The van der Waals surface area contributed by atoms with Crippen molar-refractivity contribution in [2.24, 2.45) is 0 Å². The maximum Gasteiger partial charge on any atom is 0.220 e. The van der Waals surface area contributed by atoms with E-state index in [1.165, 1.54) is 0 Å². The van der Waals surface area contributed by atoms with Gasteiger partial charge in [0.15, 0.2) is 0 Å². The van der Waals surface area contributed by atoms with Gasteiger partial charge in [0.25, 0.3) is 0 Å². The first-order valence-corrected chi connectivity index (χ1v) is 6.57. The number of ether oxygens (including phenoxy) is 1. The molecule has 2 N–H and O–H groups in total.